The third-order valence-electron chi connectivity index (χ3n) is 4.95. The summed E-state index contributed by atoms with van der Waals surface area (Å²) in [6, 6.07) is 11.9. The maximum Gasteiger partial charge on any atom is 0.226 e. The number of halogens is 2. The number of benzene rings is 2. The number of nitrogens with two attached hydrogens (primary N) is 1. The topological polar surface area (TPSA) is 74.0 Å². The second-order valence-corrected chi connectivity index (χ2v) is 7.31. The molecule has 1 aliphatic rings. The number of aliphatic imine (C=N–C) groups is 1. The summed E-state index contributed by atoms with van der Waals surface area (Å²) in [6.45, 7) is 5.17. The van der Waals surface area contributed by atoms with Crippen molar-refractivity contribution in [1.82, 2.24) is 4.90 Å². The zero-order valence-electron chi connectivity index (χ0n) is 16.4. The molecule has 1 fully saturated rings. The highest BCUT2D eigenvalue weighted by atomic mass is 35.5. The van der Waals surface area contributed by atoms with Crippen LogP contribution in [0.25, 0.3) is 0 Å². The number of anilines is 2. The van der Waals surface area contributed by atoms with Crippen molar-refractivity contribution in [3.8, 4) is 0 Å². The molecule has 0 spiro atoms. The van der Waals surface area contributed by atoms with E-state index in [-0.39, 0.29) is 18.1 Å². The molecule has 6 nitrogen and oxygen atoms in total. The Kier molecular flexibility index (Phi) is 6.93. The van der Waals surface area contributed by atoms with Crippen LogP contribution in [0.15, 0.2) is 47.5 Å². The van der Waals surface area contributed by atoms with Gasteiger partial charge < -0.3 is 20.9 Å². The third-order valence-corrected chi connectivity index (χ3v) is 5.36. The fourth-order valence-corrected chi connectivity index (χ4v) is 3.35. The fourth-order valence-electron chi connectivity index (χ4n) is 3.17. The minimum absolute atomic E-state index is 0.131. The van der Waals surface area contributed by atoms with E-state index in [1.807, 2.05) is 17.9 Å². The van der Waals surface area contributed by atoms with Crippen molar-refractivity contribution in [2.24, 2.45) is 10.7 Å². The first-order valence-electron chi connectivity index (χ1n) is 9.54. The summed E-state index contributed by atoms with van der Waals surface area (Å²) in [7, 11) is 0. The zero-order valence-corrected chi connectivity index (χ0v) is 17.1. The van der Waals surface area contributed by atoms with Crippen molar-refractivity contribution in [3.05, 3.63) is 58.9 Å². The number of hydrogen-bond donors (Lipinski definition) is 2. The van der Waals surface area contributed by atoms with E-state index in [1.54, 1.807) is 24.3 Å². The van der Waals surface area contributed by atoms with Gasteiger partial charge in [0, 0.05) is 49.0 Å². The van der Waals surface area contributed by atoms with Gasteiger partial charge in [-0.3, -0.25) is 9.79 Å². The van der Waals surface area contributed by atoms with Crippen LogP contribution in [0.1, 0.15) is 12.0 Å². The average Bonchev–Trinajstić information content (AvgIpc) is 2.72. The van der Waals surface area contributed by atoms with Crippen LogP contribution in [0, 0.1) is 12.7 Å². The van der Waals surface area contributed by atoms with Gasteiger partial charge in [-0.05, 0) is 48.9 Å². The Balaban J connectivity index is 1.45. The summed E-state index contributed by atoms with van der Waals surface area (Å²) in [5, 5.41) is 3.47. The van der Waals surface area contributed by atoms with Crippen LogP contribution in [0.5, 0.6) is 0 Å². The maximum atomic E-state index is 13.1. The summed E-state index contributed by atoms with van der Waals surface area (Å²) in [5.74, 6) is 0.0712. The second-order valence-electron chi connectivity index (χ2n) is 6.90. The standard InChI is InChI=1S/C21H25ClFN5O/c1-15-18(22)3-2-4-19(15)26-20(29)9-10-25-21(24)28-13-11-27(12-14-28)17-7-5-16(23)6-8-17/h2-8H,9-14H2,1H3,(H2,24,25)(H,26,29). The minimum atomic E-state index is -0.238. The Morgan fingerprint density at radius 1 is 1.17 bits per heavy atom. The van der Waals surface area contributed by atoms with E-state index >= 15 is 0 Å². The van der Waals surface area contributed by atoms with E-state index < -0.39 is 0 Å². The first kappa shape index (κ1) is 20.9. The van der Waals surface area contributed by atoms with Crippen molar-refractivity contribution in [2.75, 3.05) is 42.9 Å². The number of amides is 1. The maximum absolute atomic E-state index is 13.1. The molecule has 1 amide bonds. The molecule has 1 saturated heterocycles. The molecule has 0 atom stereocenters. The number of nitrogens with one attached hydrogen (secondary N) is 1. The van der Waals surface area contributed by atoms with Gasteiger partial charge in [0.05, 0.1) is 6.54 Å². The van der Waals surface area contributed by atoms with Crippen molar-refractivity contribution < 1.29 is 9.18 Å². The molecular weight excluding hydrogens is 393 g/mol. The molecule has 2 aromatic carbocycles. The summed E-state index contributed by atoms with van der Waals surface area (Å²) < 4.78 is 13.1. The van der Waals surface area contributed by atoms with E-state index in [1.165, 1.54) is 12.1 Å². The van der Waals surface area contributed by atoms with Crippen molar-refractivity contribution >= 4 is 34.8 Å². The zero-order chi connectivity index (χ0) is 20.8. The van der Waals surface area contributed by atoms with Gasteiger partial charge in [-0.2, -0.15) is 0 Å². The highest BCUT2D eigenvalue weighted by Crippen LogP contribution is 2.23. The summed E-state index contributed by atoms with van der Waals surface area (Å²) >= 11 is 6.07. The van der Waals surface area contributed by atoms with Crippen LogP contribution in [0.3, 0.4) is 0 Å². The van der Waals surface area contributed by atoms with Gasteiger partial charge in [0.15, 0.2) is 5.96 Å². The van der Waals surface area contributed by atoms with Gasteiger partial charge in [0.25, 0.3) is 0 Å². The lowest BCUT2D eigenvalue weighted by molar-refractivity contribution is -0.116. The molecular formula is C21H25ClFN5O. The van der Waals surface area contributed by atoms with Gasteiger partial charge in [-0.25, -0.2) is 4.39 Å². The molecule has 3 N–H and O–H groups in total. The average molecular weight is 418 g/mol. The molecule has 3 rings (SSSR count). The first-order chi connectivity index (χ1) is 13.9. The third kappa shape index (κ3) is 5.60. The lowest BCUT2D eigenvalue weighted by Gasteiger charge is -2.36. The Morgan fingerprint density at radius 3 is 2.55 bits per heavy atom. The van der Waals surface area contributed by atoms with Crippen LogP contribution >= 0.6 is 11.6 Å². The lowest BCUT2D eigenvalue weighted by atomic mass is 10.2. The number of piperazine rings is 1. The van der Waals surface area contributed by atoms with Crippen LogP contribution in [-0.4, -0.2) is 49.5 Å². The van der Waals surface area contributed by atoms with Gasteiger partial charge in [-0.15, -0.1) is 0 Å². The molecule has 0 aromatic heterocycles. The SMILES string of the molecule is Cc1c(Cl)cccc1NC(=O)CCN=C(N)N1CCN(c2ccc(F)cc2)CC1. The number of nitrogens with zero attached hydrogens (tertiary/aromatic N) is 3. The van der Waals surface area contributed by atoms with E-state index in [9.17, 15) is 9.18 Å². The molecule has 0 saturated carbocycles. The Labute approximate surface area is 175 Å². The number of carbonyl (C=O) groups excluding carboxylic acids is 1. The monoisotopic (exact) mass is 417 g/mol. The predicted octanol–water partition coefficient (Wildman–Crippen LogP) is 3.25. The summed E-state index contributed by atoms with van der Waals surface area (Å²) in [4.78, 5) is 20.7. The van der Waals surface area contributed by atoms with Crippen molar-refractivity contribution in [3.63, 3.8) is 0 Å². The van der Waals surface area contributed by atoms with Gasteiger partial charge in [0.1, 0.15) is 5.82 Å². The number of guanidine groups is 1. The molecule has 2 aromatic rings. The van der Waals surface area contributed by atoms with Crippen LogP contribution in [0.2, 0.25) is 5.02 Å². The van der Waals surface area contributed by atoms with Gasteiger partial charge in [-0.1, -0.05) is 17.7 Å². The molecule has 0 radical (unpaired) electrons. The predicted molar refractivity (Wildman–Crippen MR) is 116 cm³/mol. The summed E-state index contributed by atoms with van der Waals surface area (Å²) in [5.41, 5.74) is 8.63. The second kappa shape index (κ2) is 9.60. The van der Waals surface area contributed by atoms with E-state index in [4.69, 9.17) is 17.3 Å². The molecule has 8 heteroatoms. The number of hydrogen-bond acceptors (Lipinski definition) is 3. The summed E-state index contributed by atoms with van der Waals surface area (Å²) in [6.07, 6.45) is 0.238. The Morgan fingerprint density at radius 2 is 1.86 bits per heavy atom. The molecule has 0 unspecified atom stereocenters. The van der Waals surface area contributed by atoms with E-state index in [2.05, 4.69) is 15.2 Å². The van der Waals surface area contributed by atoms with Crippen molar-refractivity contribution in [2.45, 2.75) is 13.3 Å². The lowest BCUT2D eigenvalue weighted by Crippen LogP contribution is -2.51. The van der Waals surface area contributed by atoms with Crippen molar-refractivity contribution in [1.29, 1.82) is 0 Å². The van der Waals surface area contributed by atoms with E-state index in [0.29, 0.717) is 23.2 Å². The molecule has 0 bridgehead atoms. The number of carbonyl (C=O) groups is 1. The largest absolute Gasteiger partial charge is 0.370 e. The highest BCUT2D eigenvalue weighted by molar-refractivity contribution is 6.31. The normalized spacial score (nSPS) is 14.8. The molecule has 0 aliphatic carbocycles. The van der Waals surface area contributed by atoms with E-state index in [0.717, 1.165) is 37.4 Å². The smallest absolute Gasteiger partial charge is 0.226 e. The van der Waals surface area contributed by atoms with Gasteiger partial charge in [0.2, 0.25) is 5.91 Å². The molecule has 1 aliphatic heterocycles. The molecule has 29 heavy (non-hydrogen) atoms. The Bertz CT molecular complexity index is 879. The van der Waals surface area contributed by atoms with Gasteiger partial charge >= 0.3 is 0 Å². The quantitative estimate of drug-likeness (QED) is 0.578. The van der Waals surface area contributed by atoms with Crippen LogP contribution in [0.4, 0.5) is 15.8 Å². The van der Waals surface area contributed by atoms with Crippen LogP contribution in [-0.2, 0) is 4.79 Å². The number of rotatable bonds is 5. The van der Waals surface area contributed by atoms with Crippen LogP contribution < -0.4 is 16.0 Å². The minimum Gasteiger partial charge on any atom is -0.370 e. The Hall–Kier alpha value is -2.80. The molecule has 154 valence electrons. The first-order valence-corrected chi connectivity index (χ1v) is 9.92. The molecule has 1 heterocycles. The fraction of sp³-hybridized carbons (Fsp3) is 0.333. The highest BCUT2D eigenvalue weighted by Gasteiger charge is 2.18.